The summed E-state index contributed by atoms with van der Waals surface area (Å²) in [7, 11) is 2.34. The van der Waals surface area contributed by atoms with E-state index in [4.69, 9.17) is 5.11 Å². The number of phenols is 1. The first-order chi connectivity index (χ1) is 6.69. The molecule has 5 nitrogen and oxygen atoms in total. The molecule has 0 heterocycles. The molecule has 0 aromatic heterocycles. The van der Waals surface area contributed by atoms with E-state index in [0.717, 1.165) is 0 Å². The number of hydrogen-bond acceptors (Lipinski definition) is 4. The van der Waals surface area contributed by atoms with E-state index in [-0.39, 0.29) is 17.3 Å². The van der Waals surface area contributed by atoms with Crippen molar-refractivity contribution in [2.24, 2.45) is 5.18 Å². The first-order valence-electron chi connectivity index (χ1n) is 3.83. The van der Waals surface area contributed by atoms with Crippen molar-refractivity contribution in [1.82, 2.24) is 5.32 Å². The van der Waals surface area contributed by atoms with Gasteiger partial charge in [-0.2, -0.15) is 0 Å². The number of hydrogen-bond donors (Lipinski definition) is 2. The third-order valence-electron chi connectivity index (χ3n) is 1.60. The predicted molar refractivity (Wildman–Crippen MR) is 55.6 cm³/mol. The predicted octanol–water partition coefficient (Wildman–Crippen LogP) is 1.35. The number of nitrogens with zero attached hydrogens (tertiary/aromatic N) is 1. The SMILES string of the molecule is O=Nc1cc(C(=O)NCP)ccc1O. The van der Waals surface area contributed by atoms with Crippen molar-refractivity contribution in [3.63, 3.8) is 0 Å². The van der Waals surface area contributed by atoms with Crippen LogP contribution in [-0.2, 0) is 0 Å². The van der Waals surface area contributed by atoms with Gasteiger partial charge >= 0.3 is 0 Å². The Morgan fingerprint density at radius 2 is 2.29 bits per heavy atom. The molecule has 1 unspecified atom stereocenters. The van der Waals surface area contributed by atoms with Crippen LogP contribution in [0, 0.1) is 4.91 Å². The lowest BCUT2D eigenvalue weighted by molar-refractivity contribution is 0.0961. The van der Waals surface area contributed by atoms with Crippen LogP contribution in [0.5, 0.6) is 5.75 Å². The zero-order valence-corrected chi connectivity index (χ0v) is 8.38. The fraction of sp³-hybridized carbons (Fsp3) is 0.125. The van der Waals surface area contributed by atoms with Crippen LogP contribution in [0.2, 0.25) is 0 Å². The fourth-order valence-electron chi connectivity index (χ4n) is 0.933. The summed E-state index contributed by atoms with van der Waals surface area (Å²) in [5.74, 6) is -0.549. The molecular weight excluding hydrogens is 203 g/mol. The standard InChI is InChI=1S/C8H9N2O3P/c11-7-2-1-5(3-6(7)10-13)8(12)9-4-14/h1-3,11H,4,14H2,(H,9,12). The molecule has 0 spiro atoms. The molecule has 0 saturated carbocycles. The van der Waals surface area contributed by atoms with Gasteiger partial charge < -0.3 is 10.4 Å². The highest BCUT2D eigenvalue weighted by Gasteiger charge is 2.08. The number of nitroso groups, excluding NO2 is 1. The highest BCUT2D eigenvalue weighted by Crippen LogP contribution is 2.26. The van der Waals surface area contributed by atoms with E-state index in [0.29, 0.717) is 11.8 Å². The number of phenolic OH excluding ortho intramolecular Hbond substituents is 1. The zero-order valence-electron chi connectivity index (χ0n) is 7.23. The number of carbonyl (C=O) groups excluding carboxylic acids is 1. The quantitative estimate of drug-likeness (QED) is 0.586. The smallest absolute Gasteiger partial charge is 0.251 e. The van der Waals surface area contributed by atoms with Crippen molar-refractivity contribution < 1.29 is 9.90 Å². The highest BCUT2D eigenvalue weighted by molar-refractivity contribution is 7.16. The van der Waals surface area contributed by atoms with E-state index in [2.05, 4.69) is 19.7 Å². The van der Waals surface area contributed by atoms with Crippen LogP contribution in [0.25, 0.3) is 0 Å². The normalized spacial score (nSPS) is 9.50. The minimum atomic E-state index is -0.315. The summed E-state index contributed by atoms with van der Waals surface area (Å²) < 4.78 is 0. The van der Waals surface area contributed by atoms with Crippen LogP contribution < -0.4 is 5.32 Å². The minimum absolute atomic E-state index is 0.138. The van der Waals surface area contributed by atoms with Gasteiger partial charge in [0.05, 0.1) is 0 Å². The van der Waals surface area contributed by atoms with Crippen LogP contribution in [0.3, 0.4) is 0 Å². The Balaban J connectivity index is 3.00. The molecule has 0 bridgehead atoms. The van der Waals surface area contributed by atoms with Gasteiger partial charge in [-0.1, -0.05) is 0 Å². The summed E-state index contributed by atoms with van der Waals surface area (Å²) in [6, 6.07) is 3.91. The third-order valence-corrected chi connectivity index (χ3v) is 1.80. The monoisotopic (exact) mass is 212 g/mol. The Hall–Kier alpha value is -1.48. The average Bonchev–Trinajstić information content (AvgIpc) is 2.19. The van der Waals surface area contributed by atoms with Gasteiger partial charge in [-0.3, -0.25) is 4.79 Å². The van der Waals surface area contributed by atoms with Crippen molar-refractivity contribution in [3.8, 4) is 5.75 Å². The molecule has 0 aliphatic rings. The molecule has 2 N–H and O–H groups in total. The van der Waals surface area contributed by atoms with Crippen LogP contribution in [0.1, 0.15) is 10.4 Å². The number of carbonyl (C=O) groups is 1. The van der Waals surface area contributed by atoms with Gasteiger partial charge in [-0.05, 0) is 23.4 Å². The van der Waals surface area contributed by atoms with Gasteiger partial charge in [0.25, 0.3) is 5.91 Å². The minimum Gasteiger partial charge on any atom is -0.506 e. The summed E-state index contributed by atoms with van der Waals surface area (Å²) in [6.07, 6.45) is 0.420. The summed E-state index contributed by atoms with van der Waals surface area (Å²) in [5, 5.41) is 14.2. The second-order valence-corrected chi connectivity index (χ2v) is 2.91. The van der Waals surface area contributed by atoms with E-state index < -0.39 is 0 Å². The molecule has 6 heteroatoms. The van der Waals surface area contributed by atoms with Gasteiger partial charge in [0.2, 0.25) is 0 Å². The molecule has 1 aromatic carbocycles. The van der Waals surface area contributed by atoms with Gasteiger partial charge in [0.1, 0.15) is 11.4 Å². The average molecular weight is 212 g/mol. The lowest BCUT2D eigenvalue weighted by Gasteiger charge is -2.02. The van der Waals surface area contributed by atoms with Crippen molar-refractivity contribution in [3.05, 3.63) is 28.7 Å². The summed E-state index contributed by atoms with van der Waals surface area (Å²) in [6.45, 7) is 0. The summed E-state index contributed by atoms with van der Waals surface area (Å²) >= 11 is 0. The van der Waals surface area contributed by atoms with E-state index in [1.165, 1.54) is 18.2 Å². The molecule has 14 heavy (non-hydrogen) atoms. The van der Waals surface area contributed by atoms with Crippen molar-refractivity contribution in [2.45, 2.75) is 0 Å². The Morgan fingerprint density at radius 3 is 2.86 bits per heavy atom. The number of amides is 1. The van der Waals surface area contributed by atoms with Gasteiger partial charge in [0, 0.05) is 11.8 Å². The maximum Gasteiger partial charge on any atom is 0.251 e. The molecule has 1 atom stereocenters. The Bertz CT molecular complexity index is 368. The number of aromatic hydroxyl groups is 1. The summed E-state index contributed by atoms with van der Waals surface area (Å²) in [4.78, 5) is 21.5. The van der Waals surface area contributed by atoms with Crippen molar-refractivity contribution >= 4 is 20.8 Å². The van der Waals surface area contributed by atoms with E-state index in [1.54, 1.807) is 0 Å². The second-order valence-electron chi connectivity index (χ2n) is 2.50. The first-order valence-corrected chi connectivity index (χ1v) is 4.65. The van der Waals surface area contributed by atoms with Crippen molar-refractivity contribution in [2.75, 3.05) is 6.29 Å². The van der Waals surface area contributed by atoms with Crippen LogP contribution in [0.15, 0.2) is 23.4 Å². The maximum atomic E-state index is 11.3. The molecular formula is C8H9N2O3P. The lowest BCUT2D eigenvalue weighted by Crippen LogP contribution is -2.20. The van der Waals surface area contributed by atoms with E-state index in [9.17, 15) is 9.70 Å². The number of rotatable bonds is 3. The fourth-order valence-corrected chi connectivity index (χ4v) is 1.12. The third kappa shape index (κ3) is 2.26. The molecule has 0 fully saturated rings. The summed E-state index contributed by atoms with van der Waals surface area (Å²) in [5.41, 5.74) is 0.154. The van der Waals surface area contributed by atoms with Gasteiger partial charge in [-0.15, -0.1) is 14.1 Å². The number of nitrogens with one attached hydrogen (secondary N) is 1. The Labute approximate surface area is 82.7 Å². The molecule has 1 rings (SSSR count). The molecule has 0 aliphatic heterocycles. The molecule has 74 valence electrons. The second kappa shape index (κ2) is 4.67. The molecule has 1 amide bonds. The topological polar surface area (TPSA) is 78.8 Å². The van der Waals surface area contributed by atoms with E-state index >= 15 is 0 Å². The Kier molecular flexibility index (Phi) is 3.54. The Morgan fingerprint density at radius 1 is 1.57 bits per heavy atom. The van der Waals surface area contributed by atoms with Crippen LogP contribution >= 0.6 is 9.24 Å². The maximum absolute atomic E-state index is 11.3. The highest BCUT2D eigenvalue weighted by atomic mass is 31.0. The molecule has 0 radical (unpaired) electrons. The first kappa shape index (κ1) is 10.6. The number of benzene rings is 1. The van der Waals surface area contributed by atoms with Gasteiger partial charge in [-0.25, -0.2) is 0 Å². The zero-order chi connectivity index (χ0) is 10.6. The molecule has 0 aliphatic carbocycles. The van der Waals surface area contributed by atoms with Gasteiger partial charge in [0.15, 0.2) is 0 Å². The van der Waals surface area contributed by atoms with Crippen LogP contribution in [-0.4, -0.2) is 17.3 Å². The van der Waals surface area contributed by atoms with E-state index in [1.807, 2.05) is 0 Å². The molecule has 0 saturated heterocycles. The lowest BCUT2D eigenvalue weighted by atomic mass is 10.2. The molecule has 1 aromatic rings. The largest absolute Gasteiger partial charge is 0.506 e. The van der Waals surface area contributed by atoms with Crippen LogP contribution in [0.4, 0.5) is 5.69 Å². The van der Waals surface area contributed by atoms with Crippen molar-refractivity contribution in [1.29, 1.82) is 0 Å².